The molecule has 1 heterocycles. The van der Waals surface area contributed by atoms with Crippen molar-refractivity contribution in [3.8, 4) is 35.3 Å². The standard InChI is InChI=1S/C21H20N2O5/c1-3-8-26-18-7-5-17(25-2)13-16(18)14-22-23-21(24)12-15-4-6-19-20(11-15)28-10-9-27-19/h1,4-7,11,13-14H,8-10,12H2,2H3,(H,23,24)/b22-14+. The zero-order valence-electron chi connectivity index (χ0n) is 15.4. The van der Waals surface area contributed by atoms with Gasteiger partial charge < -0.3 is 18.9 Å². The van der Waals surface area contributed by atoms with E-state index in [0.717, 1.165) is 5.56 Å². The lowest BCUT2D eigenvalue weighted by Crippen LogP contribution is -2.20. The molecule has 0 bridgehead atoms. The molecule has 0 atom stereocenters. The highest BCUT2D eigenvalue weighted by Gasteiger charge is 2.13. The van der Waals surface area contributed by atoms with Crippen LogP contribution in [0, 0.1) is 12.3 Å². The Bertz CT molecular complexity index is 917. The zero-order valence-corrected chi connectivity index (χ0v) is 15.4. The summed E-state index contributed by atoms with van der Waals surface area (Å²) < 4.78 is 21.7. The van der Waals surface area contributed by atoms with Gasteiger partial charge in [0, 0.05) is 5.56 Å². The van der Waals surface area contributed by atoms with Gasteiger partial charge in [-0.3, -0.25) is 4.79 Å². The van der Waals surface area contributed by atoms with Gasteiger partial charge in [-0.2, -0.15) is 5.10 Å². The van der Waals surface area contributed by atoms with E-state index in [1.165, 1.54) is 6.21 Å². The third-order valence-corrected chi connectivity index (χ3v) is 3.89. The fraction of sp³-hybridized carbons (Fsp3) is 0.238. The van der Waals surface area contributed by atoms with E-state index >= 15 is 0 Å². The van der Waals surface area contributed by atoms with E-state index in [1.807, 2.05) is 6.07 Å². The molecule has 1 amide bonds. The Labute approximate surface area is 163 Å². The number of carbonyl (C=O) groups is 1. The van der Waals surface area contributed by atoms with Crippen LogP contribution in [-0.4, -0.2) is 39.1 Å². The number of terminal acetylenes is 1. The van der Waals surface area contributed by atoms with Crippen LogP contribution in [0.15, 0.2) is 41.5 Å². The molecule has 1 aliphatic heterocycles. The molecule has 2 aromatic rings. The molecule has 0 aliphatic carbocycles. The van der Waals surface area contributed by atoms with Gasteiger partial charge in [0.2, 0.25) is 5.91 Å². The first-order valence-corrected chi connectivity index (χ1v) is 8.64. The minimum atomic E-state index is -0.262. The second kappa shape index (κ2) is 9.33. The van der Waals surface area contributed by atoms with Crippen LogP contribution in [0.2, 0.25) is 0 Å². The average Bonchev–Trinajstić information content (AvgIpc) is 2.72. The second-order valence-electron chi connectivity index (χ2n) is 5.84. The Morgan fingerprint density at radius 3 is 2.86 bits per heavy atom. The van der Waals surface area contributed by atoms with Gasteiger partial charge in [0.1, 0.15) is 31.3 Å². The van der Waals surface area contributed by atoms with Gasteiger partial charge in [0.15, 0.2) is 11.5 Å². The van der Waals surface area contributed by atoms with Crippen LogP contribution in [0.1, 0.15) is 11.1 Å². The second-order valence-corrected chi connectivity index (χ2v) is 5.84. The van der Waals surface area contributed by atoms with Crippen molar-refractivity contribution in [3.05, 3.63) is 47.5 Å². The molecule has 144 valence electrons. The summed E-state index contributed by atoms with van der Waals surface area (Å²) in [6.07, 6.45) is 6.87. The average molecular weight is 380 g/mol. The van der Waals surface area contributed by atoms with E-state index in [-0.39, 0.29) is 18.9 Å². The number of hydrogen-bond acceptors (Lipinski definition) is 6. The van der Waals surface area contributed by atoms with Gasteiger partial charge in [0.05, 0.1) is 19.7 Å². The van der Waals surface area contributed by atoms with E-state index in [4.69, 9.17) is 25.4 Å². The number of hydrogen-bond donors (Lipinski definition) is 1. The molecule has 7 heteroatoms. The van der Waals surface area contributed by atoms with Gasteiger partial charge in [-0.15, -0.1) is 6.42 Å². The Hall–Kier alpha value is -3.66. The predicted molar refractivity (Wildman–Crippen MR) is 104 cm³/mol. The Morgan fingerprint density at radius 2 is 2.07 bits per heavy atom. The molecule has 0 fully saturated rings. The van der Waals surface area contributed by atoms with Crippen LogP contribution in [-0.2, 0) is 11.2 Å². The Balaban J connectivity index is 1.62. The summed E-state index contributed by atoms with van der Waals surface area (Å²) in [5, 5.41) is 4.00. The van der Waals surface area contributed by atoms with Crippen molar-refractivity contribution in [1.29, 1.82) is 0 Å². The third-order valence-electron chi connectivity index (χ3n) is 3.89. The van der Waals surface area contributed by atoms with E-state index < -0.39 is 0 Å². The summed E-state index contributed by atoms with van der Waals surface area (Å²) in [5.41, 5.74) is 3.94. The van der Waals surface area contributed by atoms with Gasteiger partial charge in [-0.1, -0.05) is 12.0 Å². The molecule has 3 rings (SSSR count). The quantitative estimate of drug-likeness (QED) is 0.453. The van der Waals surface area contributed by atoms with Crippen LogP contribution in [0.5, 0.6) is 23.0 Å². The van der Waals surface area contributed by atoms with Crippen LogP contribution < -0.4 is 24.4 Å². The molecule has 0 unspecified atom stereocenters. The number of carbonyl (C=O) groups excluding carboxylic acids is 1. The number of fused-ring (bicyclic) bond motifs is 1. The molecule has 0 saturated heterocycles. The molecule has 2 aromatic carbocycles. The Kier molecular flexibility index (Phi) is 6.37. The van der Waals surface area contributed by atoms with E-state index in [0.29, 0.717) is 41.8 Å². The predicted octanol–water partition coefficient (Wildman–Crippen LogP) is 2.17. The normalized spacial score (nSPS) is 12.3. The van der Waals surface area contributed by atoms with Gasteiger partial charge in [0.25, 0.3) is 0 Å². The summed E-state index contributed by atoms with van der Waals surface area (Å²) in [7, 11) is 1.56. The molecule has 28 heavy (non-hydrogen) atoms. The van der Waals surface area contributed by atoms with E-state index in [1.54, 1.807) is 37.4 Å². The van der Waals surface area contributed by atoms with Crippen molar-refractivity contribution in [3.63, 3.8) is 0 Å². The van der Waals surface area contributed by atoms with Crippen LogP contribution in [0.4, 0.5) is 0 Å². The first-order valence-electron chi connectivity index (χ1n) is 8.64. The lowest BCUT2D eigenvalue weighted by Gasteiger charge is -2.18. The number of hydrazone groups is 1. The summed E-state index contributed by atoms with van der Waals surface area (Å²) >= 11 is 0. The Morgan fingerprint density at radius 1 is 1.25 bits per heavy atom. The molecule has 0 radical (unpaired) electrons. The SMILES string of the molecule is C#CCOc1ccc(OC)cc1/C=N/NC(=O)Cc1ccc2c(c1)OCCO2. The molecule has 0 aromatic heterocycles. The smallest absolute Gasteiger partial charge is 0.244 e. The number of nitrogens with one attached hydrogen (secondary N) is 1. The molecule has 1 N–H and O–H groups in total. The summed E-state index contributed by atoms with van der Waals surface area (Å²) in [6.45, 7) is 1.15. The number of amides is 1. The minimum Gasteiger partial charge on any atom is -0.497 e. The van der Waals surface area contributed by atoms with Crippen molar-refractivity contribution < 1.29 is 23.7 Å². The molecule has 0 spiro atoms. The monoisotopic (exact) mass is 380 g/mol. The molecule has 0 saturated carbocycles. The highest BCUT2D eigenvalue weighted by atomic mass is 16.6. The molecular weight excluding hydrogens is 360 g/mol. The van der Waals surface area contributed by atoms with Crippen molar-refractivity contribution >= 4 is 12.1 Å². The maximum atomic E-state index is 12.2. The van der Waals surface area contributed by atoms with Crippen molar-refractivity contribution in [2.24, 2.45) is 5.10 Å². The summed E-state index contributed by atoms with van der Waals surface area (Å²) in [5.74, 6) is 4.66. The maximum Gasteiger partial charge on any atom is 0.244 e. The summed E-state index contributed by atoms with van der Waals surface area (Å²) in [4.78, 5) is 12.2. The van der Waals surface area contributed by atoms with Crippen LogP contribution in [0.25, 0.3) is 0 Å². The van der Waals surface area contributed by atoms with E-state index in [2.05, 4.69) is 16.4 Å². The number of benzene rings is 2. The fourth-order valence-corrected chi connectivity index (χ4v) is 2.60. The topological polar surface area (TPSA) is 78.4 Å². The van der Waals surface area contributed by atoms with Crippen molar-refractivity contribution in [2.45, 2.75) is 6.42 Å². The fourth-order valence-electron chi connectivity index (χ4n) is 2.60. The zero-order chi connectivity index (χ0) is 19.8. The van der Waals surface area contributed by atoms with Gasteiger partial charge in [-0.25, -0.2) is 5.43 Å². The van der Waals surface area contributed by atoms with Crippen LogP contribution >= 0.6 is 0 Å². The number of rotatable bonds is 7. The number of nitrogens with zero attached hydrogens (tertiary/aromatic N) is 1. The number of ether oxygens (including phenoxy) is 4. The van der Waals surface area contributed by atoms with Crippen molar-refractivity contribution in [2.75, 3.05) is 26.9 Å². The first kappa shape index (κ1) is 19.1. The van der Waals surface area contributed by atoms with E-state index in [9.17, 15) is 4.79 Å². The third kappa shape index (κ3) is 4.95. The minimum absolute atomic E-state index is 0.129. The molecule has 1 aliphatic rings. The first-order chi connectivity index (χ1) is 13.7. The number of methoxy groups -OCH3 is 1. The maximum absolute atomic E-state index is 12.2. The molecular formula is C21H20N2O5. The summed E-state index contributed by atoms with van der Waals surface area (Å²) in [6, 6.07) is 10.6. The van der Waals surface area contributed by atoms with Gasteiger partial charge >= 0.3 is 0 Å². The van der Waals surface area contributed by atoms with Crippen molar-refractivity contribution in [1.82, 2.24) is 5.43 Å². The largest absolute Gasteiger partial charge is 0.497 e. The molecule has 7 nitrogen and oxygen atoms in total. The lowest BCUT2D eigenvalue weighted by atomic mass is 10.1. The van der Waals surface area contributed by atoms with Gasteiger partial charge in [-0.05, 0) is 35.9 Å². The highest BCUT2D eigenvalue weighted by Crippen LogP contribution is 2.30. The van der Waals surface area contributed by atoms with Crippen LogP contribution in [0.3, 0.4) is 0 Å². The highest BCUT2D eigenvalue weighted by molar-refractivity contribution is 5.86. The lowest BCUT2D eigenvalue weighted by molar-refractivity contribution is -0.120.